The van der Waals surface area contributed by atoms with E-state index in [1.54, 1.807) is 0 Å². The molecule has 0 bridgehead atoms. The summed E-state index contributed by atoms with van der Waals surface area (Å²) in [5.74, 6) is 0.376. The van der Waals surface area contributed by atoms with Gasteiger partial charge in [-0.15, -0.1) is 11.3 Å². The third-order valence-corrected chi connectivity index (χ3v) is 3.78. The molecule has 0 aliphatic heterocycles. The van der Waals surface area contributed by atoms with Gasteiger partial charge < -0.3 is 5.32 Å². The van der Waals surface area contributed by atoms with E-state index in [0.717, 1.165) is 23.1 Å². The van der Waals surface area contributed by atoms with Crippen molar-refractivity contribution in [3.05, 3.63) is 16.8 Å². The second-order valence-electron chi connectivity index (χ2n) is 4.77. The van der Waals surface area contributed by atoms with Crippen LogP contribution >= 0.6 is 11.3 Å². The van der Waals surface area contributed by atoms with Crippen LogP contribution in [-0.4, -0.2) is 22.2 Å². The zero-order valence-electron chi connectivity index (χ0n) is 10.2. The molecule has 1 aliphatic carbocycles. The molecule has 2 aromatic rings. The maximum atomic E-state index is 12.5. The molecule has 1 saturated carbocycles. The van der Waals surface area contributed by atoms with Gasteiger partial charge in [0.1, 0.15) is 22.9 Å². The van der Waals surface area contributed by atoms with Crippen LogP contribution in [0.3, 0.4) is 0 Å². The van der Waals surface area contributed by atoms with Crippen molar-refractivity contribution < 1.29 is 13.2 Å². The summed E-state index contributed by atoms with van der Waals surface area (Å²) in [6.07, 6.45) is -3.28. The molecule has 0 amide bonds. The van der Waals surface area contributed by atoms with E-state index in [2.05, 4.69) is 15.3 Å². The number of aromatic nitrogens is 2. The van der Waals surface area contributed by atoms with Crippen LogP contribution in [0.2, 0.25) is 0 Å². The Labute approximate surface area is 111 Å². The van der Waals surface area contributed by atoms with Crippen molar-refractivity contribution in [1.82, 2.24) is 9.97 Å². The number of nitrogens with zero attached hydrogens (tertiary/aromatic N) is 2. The lowest BCUT2D eigenvalue weighted by molar-refractivity contribution is -0.128. The number of aryl methyl sites for hydroxylation is 1. The number of hydrogen-bond donors (Lipinski definition) is 1. The van der Waals surface area contributed by atoms with Gasteiger partial charge in [-0.2, -0.15) is 13.2 Å². The Hall–Kier alpha value is -1.37. The van der Waals surface area contributed by atoms with Gasteiger partial charge in [0.15, 0.2) is 0 Å². The van der Waals surface area contributed by atoms with Crippen LogP contribution in [0.5, 0.6) is 0 Å². The van der Waals surface area contributed by atoms with Crippen molar-refractivity contribution in [2.24, 2.45) is 0 Å². The summed E-state index contributed by atoms with van der Waals surface area (Å²) in [5, 5.41) is 4.01. The van der Waals surface area contributed by atoms with Gasteiger partial charge in [-0.25, -0.2) is 9.97 Å². The first-order valence-corrected chi connectivity index (χ1v) is 6.83. The average molecular weight is 287 g/mol. The Kier molecular flexibility index (Phi) is 2.88. The highest BCUT2D eigenvalue weighted by Crippen LogP contribution is 2.33. The minimum atomic E-state index is -4.28. The number of nitrogens with one attached hydrogen (secondary N) is 1. The van der Waals surface area contributed by atoms with E-state index >= 15 is 0 Å². The molecule has 3 nitrogen and oxygen atoms in total. The standard InChI is InChI=1S/C12H12F3N3S/c1-6-4-8-10(16-7-2-3-7)17-9(5-12(13,14)15)18-11(8)19-6/h4,7H,2-3,5H2,1H3,(H,16,17,18). The summed E-state index contributed by atoms with van der Waals surface area (Å²) in [7, 11) is 0. The van der Waals surface area contributed by atoms with E-state index < -0.39 is 12.6 Å². The molecule has 2 aromatic heterocycles. The van der Waals surface area contributed by atoms with Gasteiger partial charge >= 0.3 is 6.18 Å². The summed E-state index contributed by atoms with van der Waals surface area (Å²) in [5.41, 5.74) is 0. The first-order chi connectivity index (χ1) is 8.90. The zero-order chi connectivity index (χ0) is 13.6. The summed E-state index contributed by atoms with van der Waals surface area (Å²) in [6.45, 7) is 1.91. The lowest BCUT2D eigenvalue weighted by atomic mass is 10.3. The van der Waals surface area contributed by atoms with E-state index in [1.807, 2.05) is 13.0 Å². The molecule has 102 valence electrons. The normalized spacial score (nSPS) is 16.0. The molecule has 1 N–H and O–H groups in total. The fraction of sp³-hybridized carbons (Fsp3) is 0.500. The number of halogens is 3. The molecule has 3 rings (SSSR count). The smallest absolute Gasteiger partial charge is 0.367 e. The molecule has 0 saturated heterocycles. The van der Waals surface area contributed by atoms with Gasteiger partial charge in [0.25, 0.3) is 0 Å². The van der Waals surface area contributed by atoms with Gasteiger partial charge in [0.2, 0.25) is 0 Å². The predicted molar refractivity (Wildman–Crippen MR) is 68.6 cm³/mol. The van der Waals surface area contributed by atoms with Crippen LogP contribution in [0.4, 0.5) is 19.0 Å². The highest BCUT2D eigenvalue weighted by Gasteiger charge is 2.30. The van der Waals surface area contributed by atoms with Crippen LogP contribution < -0.4 is 5.32 Å². The summed E-state index contributed by atoms with van der Waals surface area (Å²) >= 11 is 1.40. The van der Waals surface area contributed by atoms with Crippen molar-refractivity contribution >= 4 is 27.4 Å². The lowest BCUT2D eigenvalue weighted by Crippen LogP contribution is -2.15. The molecule has 0 atom stereocenters. The molecule has 0 aromatic carbocycles. The molecular weight excluding hydrogens is 275 g/mol. The number of fused-ring (bicyclic) bond motifs is 1. The van der Waals surface area contributed by atoms with Crippen molar-refractivity contribution in [3.8, 4) is 0 Å². The summed E-state index contributed by atoms with van der Waals surface area (Å²) < 4.78 is 37.4. The number of thiophene rings is 1. The summed E-state index contributed by atoms with van der Waals surface area (Å²) in [6, 6.07) is 2.26. The van der Waals surface area contributed by atoms with Crippen molar-refractivity contribution in [2.45, 2.75) is 38.4 Å². The Bertz CT molecular complexity index is 616. The minimum absolute atomic E-state index is 0.162. The van der Waals surface area contributed by atoms with Gasteiger partial charge in [-0.05, 0) is 25.8 Å². The van der Waals surface area contributed by atoms with Crippen LogP contribution in [-0.2, 0) is 6.42 Å². The van der Waals surface area contributed by atoms with Crippen LogP contribution in [0, 0.1) is 6.92 Å². The first kappa shape index (κ1) is 12.7. The second-order valence-corrected chi connectivity index (χ2v) is 6.01. The highest BCUT2D eigenvalue weighted by atomic mass is 32.1. The average Bonchev–Trinajstić information content (AvgIpc) is 2.97. The Morgan fingerprint density at radius 3 is 2.74 bits per heavy atom. The van der Waals surface area contributed by atoms with Gasteiger partial charge in [0, 0.05) is 10.9 Å². The van der Waals surface area contributed by atoms with Crippen LogP contribution in [0.25, 0.3) is 10.2 Å². The van der Waals surface area contributed by atoms with Gasteiger partial charge in [0.05, 0.1) is 5.39 Å². The lowest BCUT2D eigenvalue weighted by Gasteiger charge is -2.09. The van der Waals surface area contributed by atoms with Crippen molar-refractivity contribution in [2.75, 3.05) is 5.32 Å². The molecule has 0 spiro atoms. The summed E-state index contributed by atoms with van der Waals surface area (Å²) in [4.78, 5) is 9.70. The van der Waals surface area contributed by atoms with Crippen LogP contribution in [0.15, 0.2) is 6.07 Å². The molecule has 1 aliphatic rings. The third kappa shape index (κ3) is 2.97. The SMILES string of the molecule is Cc1cc2c(NC3CC3)nc(CC(F)(F)F)nc2s1. The predicted octanol–water partition coefficient (Wildman–Crippen LogP) is 3.68. The fourth-order valence-corrected chi connectivity index (χ4v) is 2.77. The number of rotatable bonds is 3. The van der Waals surface area contributed by atoms with Crippen molar-refractivity contribution in [1.29, 1.82) is 0 Å². The maximum Gasteiger partial charge on any atom is 0.396 e. The van der Waals surface area contributed by atoms with Crippen LogP contribution in [0.1, 0.15) is 23.5 Å². The molecule has 19 heavy (non-hydrogen) atoms. The maximum absolute atomic E-state index is 12.5. The molecular formula is C12H12F3N3S. The van der Waals surface area contributed by atoms with Crippen molar-refractivity contribution in [3.63, 3.8) is 0 Å². The van der Waals surface area contributed by atoms with E-state index in [4.69, 9.17) is 0 Å². The molecule has 7 heteroatoms. The first-order valence-electron chi connectivity index (χ1n) is 6.01. The van der Waals surface area contributed by atoms with Gasteiger partial charge in [-0.3, -0.25) is 0 Å². The molecule has 1 fully saturated rings. The topological polar surface area (TPSA) is 37.8 Å². The fourth-order valence-electron chi connectivity index (χ4n) is 1.88. The third-order valence-electron chi connectivity index (χ3n) is 2.84. The monoisotopic (exact) mass is 287 g/mol. The Balaban J connectivity index is 2.03. The Morgan fingerprint density at radius 2 is 2.11 bits per heavy atom. The number of anilines is 1. The highest BCUT2D eigenvalue weighted by molar-refractivity contribution is 7.18. The molecule has 2 heterocycles. The Morgan fingerprint density at radius 1 is 1.37 bits per heavy atom. The minimum Gasteiger partial charge on any atom is -0.367 e. The number of hydrogen-bond acceptors (Lipinski definition) is 4. The van der Waals surface area contributed by atoms with E-state index in [1.165, 1.54) is 11.3 Å². The largest absolute Gasteiger partial charge is 0.396 e. The number of alkyl halides is 3. The van der Waals surface area contributed by atoms with E-state index in [0.29, 0.717) is 16.7 Å². The van der Waals surface area contributed by atoms with E-state index in [9.17, 15) is 13.2 Å². The van der Waals surface area contributed by atoms with E-state index in [-0.39, 0.29) is 5.82 Å². The van der Waals surface area contributed by atoms with Gasteiger partial charge in [-0.1, -0.05) is 0 Å². The molecule has 0 unspecified atom stereocenters. The quantitative estimate of drug-likeness (QED) is 0.935. The molecule has 0 radical (unpaired) electrons. The second kappa shape index (κ2) is 4.33. The zero-order valence-corrected chi connectivity index (χ0v) is 11.0.